The second kappa shape index (κ2) is 4.44. The van der Waals surface area contributed by atoms with Crippen molar-refractivity contribution in [1.82, 2.24) is 0 Å². The molecule has 0 unspecified atom stereocenters. The highest BCUT2D eigenvalue weighted by Crippen LogP contribution is 2.35. The van der Waals surface area contributed by atoms with Crippen LogP contribution in [0.5, 0.6) is 0 Å². The van der Waals surface area contributed by atoms with Crippen LogP contribution in [-0.4, -0.2) is 12.8 Å². The van der Waals surface area contributed by atoms with E-state index in [1.165, 1.54) is 18.6 Å². The zero-order chi connectivity index (χ0) is 8.97. The molecule has 0 radical (unpaired) electrons. The van der Waals surface area contributed by atoms with E-state index < -0.39 is 0 Å². The highest BCUT2D eigenvalue weighted by molar-refractivity contribution is 5.87. The Morgan fingerprint density at radius 3 is 2.67 bits per heavy atom. The molecule has 0 aromatic rings. The molecule has 1 fully saturated rings. The number of hydrogen-bond acceptors (Lipinski definition) is 1. The van der Waals surface area contributed by atoms with Crippen LogP contribution >= 0.6 is 0 Å². The lowest BCUT2D eigenvalue weighted by atomic mass is 9.72. The zero-order valence-corrected chi connectivity index (χ0v) is 8.21. The monoisotopic (exact) mass is 165 g/mol. The summed E-state index contributed by atoms with van der Waals surface area (Å²) < 4.78 is 0. The molecule has 1 heteroatoms. The molecule has 0 spiro atoms. The molecule has 1 aliphatic carbocycles. The van der Waals surface area contributed by atoms with Crippen molar-refractivity contribution in [2.45, 2.75) is 32.6 Å². The van der Waals surface area contributed by atoms with Crippen LogP contribution in [-0.2, 0) is 0 Å². The van der Waals surface area contributed by atoms with Gasteiger partial charge in [-0.3, -0.25) is 4.99 Å². The summed E-state index contributed by atoms with van der Waals surface area (Å²) in [6.07, 6.45) is 6.88. The minimum absolute atomic E-state index is 0.796. The van der Waals surface area contributed by atoms with Crippen LogP contribution in [0.3, 0.4) is 0 Å². The number of hydrogen-bond donors (Lipinski definition) is 0. The van der Waals surface area contributed by atoms with E-state index in [2.05, 4.69) is 18.5 Å². The maximum absolute atomic E-state index is 4.35. The summed E-state index contributed by atoms with van der Waals surface area (Å²) in [6, 6.07) is 0. The smallest absolute Gasteiger partial charge is 0.0276 e. The molecule has 1 nitrogen and oxygen atoms in total. The van der Waals surface area contributed by atoms with E-state index in [0.29, 0.717) is 0 Å². The molecule has 0 amide bonds. The Hall–Kier alpha value is -0.590. The molecule has 0 atom stereocenters. The van der Waals surface area contributed by atoms with E-state index in [1.54, 1.807) is 0 Å². The van der Waals surface area contributed by atoms with Crippen LogP contribution in [0.1, 0.15) is 32.6 Å². The van der Waals surface area contributed by atoms with E-state index in [9.17, 15) is 0 Å². The van der Waals surface area contributed by atoms with Crippen LogP contribution in [0, 0.1) is 11.8 Å². The average molecular weight is 165 g/mol. The van der Waals surface area contributed by atoms with Crippen molar-refractivity contribution in [2.75, 3.05) is 7.05 Å². The van der Waals surface area contributed by atoms with E-state index in [1.807, 2.05) is 13.1 Å². The molecule has 0 saturated heterocycles. The summed E-state index contributed by atoms with van der Waals surface area (Å²) in [6.45, 7) is 6.05. The van der Waals surface area contributed by atoms with Gasteiger partial charge in [0.15, 0.2) is 0 Å². The van der Waals surface area contributed by atoms with Crippen molar-refractivity contribution in [3.8, 4) is 0 Å². The van der Waals surface area contributed by atoms with Crippen LogP contribution in [0.15, 0.2) is 17.6 Å². The Morgan fingerprint density at radius 2 is 2.25 bits per heavy atom. The van der Waals surface area contributed by atoms with E-state index in [0.717, 1.165) is 24.7 Å². The summed E-state index contributed by atoms with van der Waals surface area (Å²) in [4.78, 5) is 4.35. The first-order valence-electron chi connectivity index (χ1n) is 4.84. The quantitative estimate of drug-likeness (QED) is 0.448. The van der Waals surface area contributed by atoms with Crippen molar-refractivity contribution in [3.05, 3.63) is 12.7 Å². The molecule has 0 aromatic heterocycles. The van der Waals surface area contributed by atoms with Gasteiger partial charge in [-0.1, -0.05) is 13.0 Å². The minimum atomic E-state index is 0.796. The highest BCUT2D eigenvalue weighted by atomic mass is 14.7. The fourth-order valence-corrected chi connectivity index (χ4v) is 1.92. The van der Waals surface area contributed by atoms with Crippen LogP contribution in [0.4, 0.5) is 0 Å². The maximum atomic E-state index is 4.35. The zero-order valence-electron chi connectivity index (χ0n) is 8.21. The van der Waals surface area contributed by atoms with Crippen molar-refractivity contribution >= 4 is 5.71 Å². The SMILES string of the molecule is C=CCC/C(=N/C)[C@H]1C[C@@H](C)C1. The maximum Gasteiger partial charge on any atom is 0.0276 e. The molecule has 12 heavy (non-hydrogen) atoms. The summed E-state index contributed by atoms with van der Waals surface area (Å²) >= 11 is 0. The lowest BCUT2D eigenvalue weighted by molar-refractivity contribution is 0.278. The molecular formula is C11H19N. The Kier molecular flexibility index (Phi) is 3.51. The highest BCUT2D eigenvalue weighted by Gasteiger charge is 2.28. The first-order chi connectivity index (χ1) is 5.77. The predicted octanol–water partition coefficient (Wildman–Crippen LogP) is 3.07. The van der Waals surface area contributed by atoms with Gasteiger partial charge in [0.05, 0.1) is 0 Å². The van der Waals surface area contributed by atoms with Crippen LogP contribution in [0.25, 0.3) is 0 Å². The standard InChI is InChI=1S/C11H19N/c1-4-5-6-11(12-3)10-7-9(2)8-10/h4,9-10H,1,5-8H2,2-3H3/b12-11-/t9-,10+. The summed E-state index contributed by atoms with van der Waals surface area (Å²) in [5.74, 6) is 1.72. The average Bonchev–Trinajstić information content (AvgIpc) is 2.02. The van der Waals surface area contributed by atoms with Gasteiger partial charge in [0.25, 0.3) is 0 Å². The van der Waals surface area contributed by atoms with Crippen LogP contribution in [0.2, 0.25) is 0 Å². The van der Waals surface area contributed by atoms with Crippen molar-refractivity contribution in [1.29, 1.82) is 0 Å². The van der Waals surface area contributed by atoms with Crippen LogP contribution < -0.4 is 0 Å². The van der Waals surface area contributed by atoms with Gasteiger partial charge < -0.3 is 0 Å². The van der Waals surface area contributed by atoms with E-state index in [4.69, 9.17) is 0 Å². The Labute approximate surface area is 75.6 Å². The van der Waals surface area contributed by atoms with Gasteiger partial charge >= 0.3 is 0 Å². The van der Waals surface area contributed by atoms with Gasteiger partial charge in [-0.25, -0.2) is 0 Å². The molecule has 0 N–H and O–H groups in total. The summed E-state index contributed by atoms with van der Waals surface area (Å²) in [5.41, 5.74) is 1.41. The lowest BCUT2D eigenvalue weighted by Gasteiger charge is -2.33. The van der Waals surface area contributed by atoms with Gasteiger partial charge in [0, 0.05) is 12.8 Å². The second-order valence-electron chi connectivity index (χ2n) is 3.82. The fourth-order valence-electron chi connectivity index (χ4n) is 1.92. The third kappa shape index (κ3) is 2.20. The summed E-state index contributed by atoms with van der Waals surface area (Å²) in [7, 11) is 1.92. The third-order valence-electron chi connectivity index (χ3n) is 2.74. The van der Waals surface area contributed by atoms with Crippen molar-refractivity contribution < 1.29 is 0 Å². The van der Waals surface area contributed by atoms with Gasteiger partial charge in [0.1, 0.15) is 0 Å². The number of aliphatic imine (C=N–C) groups is 1. The number of nitrogens with zero attached hydrogens (tertiary/aromatic N) is 1. The Morgan fingerprint density at radius 1 is 1.58 bits per heavy atom. The van der Waals surface area contributed by atoms with Crippen molar-refractivity contribution in [3.63, 3.8) is 0 Å². The largest absolute Gasteiger partial charge is 0.297 e. The topological polar surface area (TPSA) is 12.4 Å². The van der Waals surface area contributed by atoms with Gasteiger partial charge in [-0.05, 0) is 37.5 Å². The molecule has 0 heterocycles. The molecule has 1 aliphatic rings. The molecule has 1 rings (SSSR count). The minimum Gasteiger partial charge on any atom is -0.297 e. The van der Waals surface area contributed by atoms with Gasteiger partial charge in [-0.2, -0.15) is 0 Å². The first kappa shape index (κ1) is 9.50. The third-order valence-corrected chi connectivity index (χ3v) is 2.74. The first-order valence-corrected chi connectivity index (χ1v) is 4.84. The fraction of sp³-hybridized carbons (Fsp3) is 0.727. The predicted molar refractivity (Wildman–Crippen MR) is 54.7 cm³/mol. The van der Waals surface area contributed by atoms with E-state index >= 15 is 0 Å². The normalized spacial score (nSPS) is 29.7. The number of allylic oxidation sites excluding steroid dienone is 1. The second-order valence-corrected chi connectivity index (χ2v) is 3.82. The van der Waals surface area contributed by atoms with Gasteiger partial charge in [-0.15, -0.1) is 6.58 Å². The Bertz CT molecular complexity index is 175. The molecule has 0 aliphatic heterocycles. The molecule has 0 aromatic carbocycles. The lowest BCUT2D eigenvalue weighted by Crippen LogP contribution is -2.28. The summed E-state index contributed by atoms with van der Waals surface area (Å²) in [5, 5.41) is 0. The Balaban J connectivity index is 2.31. The van der Waals surface area contributed by atoms with Crippen molar-refractivity contribution in [2.24, 2.45) is 16.8 Å². The number of rotatable bonds is 4. The van der Waals surface area contributed by atoms with Gasteiger partial charge in [0.2, 0.25) is 0 Å². The molecular weight excluding hydrogens is 146 g/mol. The molecule has 1 saturated carbocycles. The molecule has 0 bridgehead atoms. The molecule has 68 valence electrons. The van der Waals surface area contributed by atoms with E-state index in [-0.39, 0.29) is 0 Å².